The van der Waals surface area contributed by atoms with Gasteiger partial charge in [0, 0.05) is 24.8 Å². The Labute approximate surface area is 141 Å². The van der Waals surface area contributed by atoms with Gasteiger partial charge in [-0.05, 0) is 31.5 Å². The number of hydrogen-bond donors (Lipinski definition) is 1. The average molecular weight is 358 g/mol. The Bertz CT molecular complexity index is 680. The SMILES string of the molecule is O=C(O)C1CCN(C2CCN(c3cccc(OC(F)(F)F)c3)C2=O)C1. The van der Waals surface area contributed by atoms with E-state index in [9.17, 15) is 22.8 Å². The topological polar surface area (TPSA) is 70.1 Å². The number of benzene rings is 1. The maximum absolute atomic E-state index is 12.6. The number of aliphatic carboxylic acids is 1. The summed E-state index contributed by atoms with van der Waals surface area (Å²) in [7, 11) is 0. The summed E-state index contributed by atoms with van der Waals surface area (Å²) in [6.45, 7) is 1.21. The molecule has 136 valence electrons. The van der Waals surface area contributed by atoms with Crippen LogP contribution >= 0.6 is 0 Å². The first-order valence-corrected chi connectivity index (χ1v) is 7.88. The lowest BCUT2D eigenvalue weighted by Crippen LogP contribution is -2.41. The second kappa shape index (κ2) is 6.55. The van der Waals surface area contributed by atoms with Crippen LogP contribution in [0, 0.1) is 5.92 Å². The minimum Gasteiger partial charge on any atom is -0.481 e. The maximum Gasteiger partial charge on any atom is 0.573 e. The van der Waals surface area contributed by atoms with Crippen molar-refractivity contribution in [3.05, 3.63) is 24.3 Å². The molecule has 0 spiro atoms. The van der Waals surface area contributed by atoms with Crippen LogP contribution in [0.2, 0.25) is 0 Å². The van der Waals surface area contributed by atoms with Gasteiger partial charge in [-0.1, -0.05) is 6.07 Å². The minimum absolute atomic E-state index is 0.227. The van der Waals surface area contributed by atoms with Crippen molar-refractivity contribution < 1.29 is 32.6 Å². The molecule has 6 nitrogen and oxygen atoms in total. The molecule has 9 heteroatoms. The van der Waals surface area contributed by atoms with Crippen molar-refractivity contribution in [3.8, 4) is 5.75 Å². The molecule has 0 radical (unpaired) electrons. The Morgan fingerprint density at radius 2 is 2.00 bits per heavy atom. The van der Waals surface area contributed by atoms with Crippen LogP contribution < -0.4 is 9.64 Å². The van der Waals surface area contributed by atoms with Crippen molar-refractivity contribution in [1.29, 1.82) is 0 Å². The molecule has 2 atom stereocenters. The van der Waals surface area contributed by atoms with Crippen LogP contribution in [-0.2, 0) is 9.59 Å². The van der Waals surface area contributed by atoms with Crippen LogP contribution in [0.25, 0.3) is 0 Å². The van der Waals surface area contributed by atoms with Crippen molar-refractivity contribution in [2.45, 2.75) is 25.2 Å². The Balaban J connectivity index is 1.70. The van der Waals surface area contributed by atoms with Gasteiger partial charge in [-0.2, -0.15) is 0 Å². The summed E-state index contributed by atoms with van der Waals surface area (Å²) in [5, 5.41) is 9.07. The first kappa shape index (κ1) is 17.5. The van der Waals surface area contributed by atoms with E-state index in [-0.39, 0.29) is 11.7 Å². The highest BCUT2D eigenvalue weighted by atomic mass is 19.4. The number of alkyl halides is 3. The number of ether oxygens (including phenoxy) is 1. The van der Waals surface area contributed by atoms with Gasteiger partial charge in [0.15, 0.2) is 0 Å². The standard InChI is InChI=1S/C16H17F3N2O4/c17-16(18,19)25-12-3-1-2-11(8-12)21-7-5-13(14(21)22)20-6-4-10(9-20)15(23)24/h1-3,8,10,13H,4-7,9H2,(H,23,24). The fraction of sp³-hybridized carbons (Fsp3) is 0.500. The van der Waals surface area contributed by atoms with Gasteiger partial charge in [0.2, 0.25) is 5.91 Å². The van der Waals surface area contributed by atoms with Crippen LogP contribution in [0.3, 0.4) is 0 Å². The van der Waals surface area contributed by atoms with Gasteiger partial charge in [-0.25, -0.2) is 0 Å². The summed E-state index contributed by atoms with van der Waals surface area (Å²) in [6, 6.07) is 4.86. The van der Waals surface area contributed by atoms with E-state index in [1.54, 1.807) is 6.07 Å². The predicted octanol–water partition coefficient (Wildman–Crippen LogP) is 2.10. The van der Waals surface area contributed by atoms with E-state index in [0.29, 0.717) is 38.2 Å². The second-order valence-corrected chi connectivity index (χ2v) is 6.16. The Morgan fingerprint density at radius 3 is 2.64 bits per heavy atom. The molecule has 0 aromatic heterocycles. The Morgan fingerprint density at radius 1 is 1.24 bits per heavy atom. The van der Waals surface area contributed by atoms with Gasteiger partial charge in [0.25, 0.3) is 0 Å². The normalized spacial score (nSPS) is 24.8. The lowest BCUT2D eigenvalue weighted by atomic mass is 10.1. The monoisotopic (exact) mass is 358 g/mol. The van der Waals surface area contributed by atoms with E-state index in [2.05, 4.69) is 4.74 Å². The number of halogens is 3. The van der Waals surface area contributed by atoms with E-state index in [0.717, 1.165) is 0 Å². The number of likely N-dealkylation sites (tertiary alicyclic amines) is 1. The molecule has 2 saturated heterocycles. The van der Waals surface area contributed by atoms with Gasteiger partial charge in [0.1, 0.15) is 5.75 Å². The molecule has 3 rings (SSSR count). The van der Waals surface area contributed by atoms with E-state index in [4.69, 9.17) is 5.11 Å². The van der Waals surface area contributed by atoms with Gasteiger partial charge >= 0.3 is 12.3 Å². The fourth-order valence-electron chi connectivity index (χ4n) is 3.38. The number of rotatable bonds is 4. The Kier molecular flexibility index (Phi) is 4.59. The molecular formula is C16H17F3N2O4. The zero-order chi connectivity index (χ0) is 18.2. The molecular weight excluding hydrogens is 341 g/mol. The summed E-state index contributed by atoms with van der Waals surface area (Å²) in [6.07, 6.45) is -3.79. The van der Waals surface area contributed by atoms with Gasteiger partial charge in [-0.15, -0.1) is 13.2 Å². The van der Waals surface area contributed by atoms with Crippen molar-refractivity contribution >= 4 is 17.6 Å². The number of anilines is 1. The lowest BCUT2D eigenvalue weighted by molar-refractivity contribution is -0.274. The number of nitrogens with zero attached hydrogens (tertiary/aromatic N) is 2. The van der Waals surface area contributed by atoms with Crippen LogP contribution in [0.1, 0.15) is 12.8 Å². The summed E-state index contributed by atoms with van der Waals surface area (Å²) >= 11 is 0. The zero-order valence-corrected chi connectivity index (χ0v) is 13.2. The molecule has 1 N–H and O–H groups in total. The molecule has 2 aliphatic heterocycles. The third-order valence-corrected chi connectivity index (χ3v) is 4.55. The predicted molar refractivity (Wildman–Crippen MR) is 81.2 cm³/mol. The molecule has 1 aromatic carbocycles. The van der Waals surface area contributed by atoms with E-state index >= 15 is 0 Å². The second-order valence-electron chi connectivity index (χ2n) is 6.16. The molecule has 1 amide bonds. The van der Waals surface area contributed by atoms with E-state index in [1.165, 1.54) is 23.1 Å². The van der Waals surface area contributed by atoms with E-state index in [1.807, 2.05) is 4.90 Å². The van der Waals surface area contributed by atoms with Crippen LogP contribution in [0.4, 0.5) is 18.9 Å². The molecule has 0 bridgehead atoms. The molecule has 2 aliphatic rings. The zero-order valence-electron chi connectivity index (χ0n) is 13.2. The van der Waals surface area contributed by atoms with E-state index < -0.39 is 24.3 Å². The highest BCUT2D eigenvalue weighted by Crippen LogP contribution is 2.31. The van der Waals surface area contributed by atoms with Crippen LogP contribution in [0.5, 0.6) is 5.75 Å². The highest BCUT2D eigenvalue weighted by molar-refractivity contribution is 5.99. The number of carboxylic acid groups (broad SMARTS) is 1. The number of carbonyl (C=O) groups is 2. The van der Waals surface area contributed by atoms with Gasteiger partial charge < -0.3 is 14.7 Å². The van der Waals surface area contributed by atoms with Crippen LogP contribution in [0.15, 0.2) is 24.3 Å². The number of amides is 1. The third-order valence-electron chi connectivity index (χ3n) is 4.55. The Hall–Kier alpha value is -2.29. The molecule has 25 heavy (non-hydrogen) atoms. The lowest BCUT2D eigenvalue weighted by Gasteiger charge is -2.23. The van der Waals surface area contributed by atoms with Crippen LogP contribution in [-0.4, -0.2) is 53.9 Å². The third kappa shape index (κ3) is 3.87. The average Bonchev–Trinajstić information content (AvgIpc) is 3.12. The summed E-state index contributed by atoms with van der Waals surface area (Å²) in [5.41, 5.74) is 0.336. The van der Waals surface area contributed by atoms with Gasteiger partial charge in [-0.3, -0.25) is 14.5 Å². The van der Waals surface area contributed by atoms with Crippen molar-refractivity contribution in [1.82, 2.24) is 4.90 Å². The smallest absolute Gasteiger partial charge is 0.481 e. The number of hydrogen-bond acceptors (Lipinski definition) is 4. The quantitative estimate of drug-likeness (QED) is 0.893. The fourth-order valence-corrected chi connectivity index (χ4v) is 3.38. The minimum atomic E-state index is -4.79. The first-order chi connectivity index (χ1) is 11.7. The first-order valence-electron chi connectivity index (χ1n) is 7.88. The van der Waals surface area contributed by atoms with Crippen molar-refractivity contribution in [2.75, 3.05) is 24.5 Å². The molecule has 1 aromatic rings. The maximum atomic E-state index is 12.6. The molecule has 2 fully saturated rings. The number of carbonyl (C=O) groups excluding carboxylic acids is 1. The molecule has 2 heterocycles. The number of carboxylic acids is 1. The molecule has 2 unspecified atom stereocenters. The summed E-state index contributed by atoms with van der Waals surface area (Å²) < 4.78 is 40.9. The molecule has 0 saturated carbocycles. The summed E-state index contributed by atoms with van der Waals surface area (Å²) in [5.74, 6) is -1.96. The highest BCUT2D eigenvalue weighted by Gasteiger charge is 2.41. The molecule has 0 aliphatic carbocycles. The largest absolute Gasteiger partial charge is 0.573 e. The summed E-state index contributed by atoms with van der Waals surface area (Å²) in [4.78, 5) is 27.0. The van der Waals surface area contributed by atoms with Crippen molar-refractivity contribution in [2.24, 2.45) is 5.92 Å². The van der Waals surface area contributed by atoms with Gasteiger partial charge in [0.05, 0.1) is 12.0 Å². The van der Waals surface area contributed by atoms with Crippen molar-refractivity contribution in [3.63, 3.8) is 0 Å².